The van der Waals surface area contributed by atoms with Crippen molar-refractivity contribution in [3.8, 4) is 0 Å². The highest BCUT2D eigenvalue weighted by Gasteiger charge is 2.24. The predicted molar refractivity (Wildman–Crippen MR) is 86.8 cm³/mol. The summed E-state index contributed by atoms with van der Waals surface area (Å²) in [5.74, 6) is 0.492. The molecular weight excluding hydrogens is 288 g/mol. The first-order valence-corrected chi connectivity index (χ1v) is 9.25. The van der Waals surface area contributed by atoms with Gasteiger partial charge in [-0.2, -0.15) is 11.8 Å². The summed E-state index contributed by atoms with van der Waals surface area (Å²) in [6, 6.07) is -1.000. The maximum Gasteiger partial charge on any atom is 0.326 e. The van der Waals surface area contributed by atoms with Crippen molar-refractivity contribution in [1.29, 1.82) is 0 Å². The SMILES string of the molecule is CCCC1CCCN(C(=O)N[C@H](CCSC)C(=O)O)CC1. The number of carboxylic acid groups (broad SMARTS) is 1. The molecule has 1 saturated heterocycles. The Morgan fingerprint density at radius 2 is 2.14 bits per heavy atom. The van der Waals surface area contributed by atoms with Crippen LogP contribution in [-0.2, 0) is 4.79 Å². The van der Waals surface area contributed by atoms with Gasteiger partial charge in [-0.05, 0) is 43.6 Å². The van der Waals surface area contributed by atoms with Crippen LogP contribution in [0.2, 0.25) is 0 Å². The second kappa shape index (κ2) is 9.92. The van der Waals surface area contributed by atoms with Crippen molar-refractivity contribution in [3.05, 3.63) is 0 Å². The van der Waals surface area contributed by atoms with Gasteiger partial charge in [0.1, 0.15) is 6.04 Å². The minimum absolute atomic E-state index is 0.222. The van der Waals surface area contributed by atoms with E-state index in [1.54, 1.807) is 16.7 Å². The van der Waals surface area contributed by atoms with Crippen molar-refractivity contribution in [1.82, 2.24) is 10.2 Å². The van der Waals surface area contributed by atoms with Gasteiger partial charge < -0.3 is 15.3 Å². The second-order valence-electron chi connectivity index (χ2n) is 5.69. The molecular formula is C15H28N2O3S. The number of carbonyl (C=O) groups is 2. The number of hydrogen-bond donors (Lipinski definition) is 2. The van der Waals surface area contributed by atoms with E-state index in [9.17, 15) is 14.7 Å². The summed E-state index contributed by atoms with van der Waals surface area (Å²) in [5.41, 5.74) is 0. The molecule has 0 bridgehead atoms. The summed E-state index contributed by atoms with van der Waals surface area (Å²) in [4.78, 5) is 25.2. The maximum atomic E-state index is 12.2. The third kappa shape index (κ3) is 6.59. The monoisotopic (exact) mass is 316 g/mol. The summed E-state index contributed by atoms with van der Waals surface area (Å²) in [7, 11) is 0. The summed E-state index contributed by atoms with van der Waals surface area (Å²) in [6.07, 6.45) is 8.03. The van der Waals surface area contributed by atoms with Gasteiger partial charge in [0.15, 0.2) is 0 Å². The Hall–Kier alpha value is -0.910. The number of thioether (sulfide) groups is 1. The number of likely N-dealkylation sites (tertiary alicyclic amines) is 1. The summed E-state index contributed by atoms with van der Waals surface area (Å²) in [6.45, 7) is 3.67. The summed E-state index contributed by atoms with van der Waals surface area (Å²) < 4.78 is 0. The highest BCUT2D eigenvalue weighted by molar-refractivity contribution is 7.98. The van der Waals surface area contributed by atoms with Crippen LogP contribution in [0.4, 0.5) is 4.79 Å². The fourth-order valence-electron chi connectivity index (χ4n) is 2.80. The van der Waals surface area contributed by atoms with E-state index in [-0.39, 0.29) is 6.03 Å². The van der Waals surface area contributed by atoms with Crippen molar-refractivity contribution in [3.63, 3.8) is 0 Å². The molecule has 0 aromatic rings. The van der Waals surface area contributed by atoms with E-state index in [0.717, 1.165) is 31.7 Å². The molecule has 122 valence electrons. The van der Waals surface area contributed by atoms with Gasteiger partial charge in [0.2, 0.25) is 0 Å². The van der Waals surface area contributed by atoms with Crippen molar-refractivity contribution in [2.75, 3.05) is 25.1 Å². The predicted octanol–water partition coefficient (Wildman–Crippen LogP) is 2.80. The minimum atomic E-state index is -0.948. The van der Waals surface area contributed by atoms with Crippen molar-refractivity contribution in [2.45, 2.75) is 51.5 Å². The lowest BCUT2D eigenvalue weighted by Gasteiger charge is -2.23. The van der Waals surface area contributed by atoms with E-state index in [4.69, 9.17) is 0 Å². The van der Waals surface area contributed by atoms with Gasteiger partial charge in [0.05, 0.1) is 0 Å². The van der Waals surface area contributed by atoms with Gasteiger partial charge in [0.25, 0.3) is 0 Å². The average Bonchev–Trinajstić information content (AvgIpc) is 2.69. The third-order valence-corrected chi connectivity index (χ3v) is 4.68. The molecule has 1 fully saturated rings. The quantitative estimate of drug-likeness (QED) is 0.758. The largest absolute Gasteiger partial charge is 0.480 e. The number of hydrogen-bond acceptors (Lipinski definition) is 3. The Balaban J connectivity index is 2.47. The molecule has 6 heteroatoms. The number of amides is 2. The highest BCUT2D eigenvalue weighted by Crippen LogP contribution is 2.21. The molecule has 1 rings (SSSR count). The molecule has 0 saturated carbocycles. The molecule has 2 amide bonds. The lowest BCUT2D eigenvalue weighted by Crippen LogP contribution is -2.48. The fraction of sp³-hybridized carbons (Fsp3) is 0.867. The molecule has 5 nitrogen and oxygen atoms in total. The van der Waals surface area contributed by atoms with E-state index < -0.39 is 12.0 Å². The Morgan fingerprint density at radius 3 is 2.76 bits per heavy atom. The standard InChI is InChI=1S/C15H28N2O3S/c1-3-5-12-6-4-9-17(10-7-12)15(20)16-13(14(18)19)8-11-21-2/h12-13H,3-11H2,1-2H3,(H,16,20)(H,18,19)/t12?,13-/m1/s1. The van der Waals surface area contributed by atoms with E-state index in [1.807, 2.05) is 6.26 Å². The Morgan fingerprint density at radius 1 is 1.38 bits per heavy atom. The van der Waals surface area contributed by atoms with E-state index in [1.165, 1.54) is 19.3 Å². The molecule has 1 aliphatic heterocycles. The maximum absolute atomic E-state index is 12.2. The van der Waals surface area contributed by atoms with Crippen LogP contribution in [0.25, 0.3) is 0 Å². The second-order valence-corrected chi connectivity index (χ2v) is 6.68. The summed E-state index contributed by atoms with van der Waals surface area (Å²) in [5, 5.41) is 11.8. The molecule has 2 N–H and O–H groups in total. The number of nitrogens with zero attached hydrogens (tertiary/aromatic N) is 1. The van der Waals surface area contributed by atoms with Gasteiger partial charge in [-0.3, -0.25) is 0 Å². The van der Waals surface area contributed by atoms with Crippen LogP contribution in [0.1, 0.15) is 45.4 Å². The summed E-state index contributed by atoms with van der Waals surface area (Å²) >= 11 is 1.59. The molecule has 1 heterocycles. The smallest absolute Gasteiger partial charge is 0.326 e. The van der Waals surface area contributed by atoms with Crippen LogP contribution >= 0.6 is 11.8 Å². The van der Waals surface area contributed by atoms with Gasteiger partial charge in [-0.25, -0.2) is 9.59 Å². The fourth-order valence-corrected chi connectivity index (χ4v) is 3.27. The molecule has 0 radical (unpaired) electrons. The van der Waals surface area contributed by atoms with Crippen molar-refractivity contribution >= 4 is 23.8 Å². The molecule has 0 aromatic heterocycles. The van der Waals surface area contributed by atoms with Gasteiger partial charge in [0, 0.05) is 13.1 Å². The molecule has 0 aromatic carbocycles. The Kier molecular flexibility index (Phi) is 8.57. The number of nitrogens with one attached hydrogen (secondary N) is 1. The zero-order valence-electron chi connectivity index (χ0n) is 13.1. The number of urea groups is 1. The highest BCUT2D eigenvalue weighted by atomic mass is 32.2. The first-order valence-electron chi connectivity index (χ1n) is 7.85. The van der Waals surface area contributed by atoms with Crippen LogP contribution in [0, 0.1) is 5.92 Å². The van der Waals surface area contributed by atoms with Crippen LogP contribution in [0.5, 0.6) is 0 Å². The topological polar surface area (TPSA) is 69.6 Å². The molecule has 2 atom stereocenters. The molecule has 21 heavy (non-hydrogen) atoms. The lowest BCUT2D eigenvalue weighted by atomic mass is 9.96. The van der Waals surface area contributed by atoms with Gasteiger partial charge >= 0.3 is 12.0 Å². The normalized spacial score (nSPS) is 20.7. The number of aliphatic carboxylic acids is 1. The average molecular weight is 316 g/mol. The van der Waals surface area contributed by atoms with E-state index >= 15 is 0 Å². The molecule has 1 aliphatic rings. The van der Waals surface area contributed by atoms with Crippen LogP contribution in [0.3, 0.4) is 0 Å². The zero-order chi connectivity index (χ0) is 15.7. The van der Waals surface area contributed by atoms with E-state index in [0.29, 0.717) is 12.3 Å². The van der Waals surface area contributed by atoms with Crippen LogP contribution in [0.15, 0.2) is 0 Å². The van der Waals surface area contributed by atoms with Crippen molar-refractivity contribution in [2.24, 2.45) is 5.92 Å². The molecule has 1 unspecified atom stereocenters. The van der Waals surface area contributed by atoms with Crippen LogP contribution in [-0.4, -0.2) is 53.1 Å². The van der Waals surface area contributed by atoms with Gasteiger partial charge in [-0.1, -0.05) is 19.8 Å². The number of rotatable bonds is 7. The molecule has 0 aliphatic carbocycles. The lowest BCUT2D eigenvalue weighted by molar-refractivity contribution is -0.139. The molecule has 0 spiro atoms. The Bertz CT molecular complexity index is 339. The van der Waals surface area contributed by atoms with E-state index in [2.05, 4.69) is 12.2 Å². The zero-order valence-corrected chi connectivity index (χ0v) is 14.0. The first-order chi connectivity index (χ1) is 10.1. The number of carbonyl (C=O) groups excluding carboxylic acids is 1. The Labute approximate surface area is 131 Å². The third-order valence-electron chi connectivity index (χ3n) is 4.04. The van der Waals surface area contributed by atoms with Crippen LogP contribution < -0.4 is 5.32 Å². The van der Waals surface area contributed by atoms with Gasteiger partial charge in [-0.15, -0.1) is 0 Å². The van der Waals surface area contributed by atoms with Crippen molar-refractivity contribution < 1.29 is 14.7 Å². The first kappa shape index (κ1) is 18.1. The number of carboxylic acids is 1. The minimum Gasteiger partial charge on any atom is -0.480 e.